The highest BCUT2D eigenvalue weighted by Crippen LogP contribution is 2.25. The number of halogens is 1. The van der Waals surface area contributed by atoms with E-state index in [1.165, 1.54) is 31.0 Å². The third-order valence-corrected chi connectivity index (χ3v) is 4.99. The van der Waals surface area contributed by atoms with Crippen molar-refractivity contribution in [2.45, 2.75) is 24.4 Å². The molecule has 0 spiro atoms. The third-order valence-electron chi connectivity index (χ3n) is 3.99. The maximum absolute atomic E-state index is 13.1. The van der Waals surface area contributed by atoms with Gasteiger partial charge >= 0.3 is 0 Å². The molecule has 0 unspecified atom stereocenters. The molecule has 0 radical (unpaired) electrons. The predicted molar refractivity (Wildman–Crippen MR) is 106 cm³/mol. The Morgan fingerprint density at radius 3 is 2.54 bits per heavy atom. The smallest absolute Gasteiger partial charge is 0.246 e. The molecule has 0 bridgehead atoms. The number of rotatable bonds is 8. The zero-order chi connectivity index (χ0) is 19.9. The number of aryl methyl sites for hydroxylation is 1. The van der Waals surface area contributed by atoms with E-state index in [9.17, 15) is 9.18 Å². The van der Waals surface area contributed by atoms with Crippen molar-refractivity contribution in [1.82, 2.24) is 20.1 Å². The Hall–Kier alpha value is -2.71. The van der Waals surface area contributed by atoms with Gasteiger partial charge in [-0.15, -0.1) is 10.2 Å². The SMILES string of the molecule is COCC(=O)NCc1nnc(SCc2ccc(F)cc2)n1-c1ccc(C)cc1. The summed E-state index contributed by atoms with van der Waals surface area (Å²) in [7, 11) is 1.47. The fraction of sp³-hybridized carbons (Fsp3) is 0.250. The van der Waals surface area contributed by atoms with Gasteiger partial charge in [-0.25, -0.2) is 4.39 Å². The van der Waals surface area contributed by atoms with Gasteiger partial charge in [-0.3, -0.25) is 9.36 Å². The monoisotopic (exact) mass is 400 g/mol. The Labute approximate surface area is 167 Å². The first-order chi connectivity index (χ1) is 13.6. The Balaban J connectivity index is 1.83. The third kappa shape index (κ3) is 5.17. The number of nitrogens with one attached hydrogen (secondary N) is 1. The lowest BCUT2D eigenvalue weighted by Gasteiger charge is -2.11. The number of nitrogens with zero attached hydrogens (tertiary/aromatic N) is 3. The zero-order valence-electron chi connectivity index (χ0n) is 15.7. The molecule has 8 heteroatoms. The van der Waals surface area contributed by atoms with Crippen LogP contribution in [0.2, 0.25) is 0 Å². The molecular weight excluding hydrogens is 379 g/mol. The Morgan fingerprint density at radius 1 is 1.14 bits per heavy atom. The molecule has 2 aromatic carbocycles. The van der Waals surface area contributed by atoms with Crippen LogP contribution in [0.15, 0.2) is 53.7 Å². The van der Waals surface area contributed by atoms with Crippen LogP contribution in [0.4, 0.5) is 4.39 Å². The summed E-state index contributed by atoms with van der Waals surface area (Å²) in [5, 5.41) is 12.0. The molecule has 0 fully saturated rings. The fourth-order valence-corrected chi connectivity index (χ4v) is 3.48. The Kier molecular flexibility index (Phi) is 6.78. The summed E-state index contributed by atoms with van der Waals surface area (Å²) >= 11 is 1.50. The maximum atomic E-state index is 13.1. The summed E-state index contributed by atoms with van der Waals surface area (Å²) in [6.45, 7) is 2.25. The van der Waals surface area contributed by atoms with Gasteiger partial charge in [0.25, 0.3) is 0 Å². The number of hydrogen-bond acceptors (Lipinski definition) is 5. The van der Waals surface area contributed by atoms with Crippen molar-refractivity contribution in [1.29, 1.82) is 0 Å². The second kappa shape index (κ2) is 9.48. The first-order valence-electron chi connectivity index (χ1n) is 8.71. The van der Waals surface area contributed by atoms with E-state index in [1.54, 1.807) is 12.1 Å². The number of thioether (sulfide) groups is 1. The van der Waals surface area contributed by atoms with Gasteiger partial charge in [0.1, 0.15) is 12.4 Å². The minimum absolute atomic E-state index is 0.00908. The molecule has 0 aliphatic heterocycles. The van der Waals surface area contributed by atoms with Crippen LogP contribution in [0, 0.1) is 12.7 Å². The summed E-state index contributed by atoms with van der Waals surface area (Å²) < 4.78 is 19.9. The summed E-state index contributed by atoms with van der Waals surface area (Å²) in [5.74, 6) is 0.766. The van der Waals surface area contributed by atoms with Crippen molar-refractivity contribution in [3.63, 3.8) is 0 Å². The number of carbonyl (C=O) groups is 1. The van der Waals surface area contributed by atoms with Gasteiger partial charge in [-0.2, -0.15) is 0 Å². The van der Waals surface area contributed by atoms with E-state index in [-0.39, 0.29) is 24.9 Å². The van der Waals surface area contributed by atoms with E-state index >= 15 is 0 Å². The van der Waals surface area contributed by atoms with Gasteiger partial charge in [0.15, 0.2) is 11.0 Å². The Morgan fingerprint density at radius 2 is 1.86 bits per heavy atom. The van der Waals surface area contributed by atoms with Gasteiger partial charge in [0.05, 0.1) is 6.54 Å². The number of carbonyl (C=O) groups excluding carboxylic acids is 1. The molecule has 0 aliphatic rings. The molecule has 0 aliphatic carbocycles. The summed E-state index contributed by atoms with van der Waals surface area (Å²) in [6.07, 6.45) is 0. The summed E-state index contributed by atoms with van der Waals surface area (Å²) in [6, 6.07) is 14.4. The number of amides is 1. The highest BCUT2D eigenvalue weighted by Gasteiger charge is 2.15. The van der Waals surface area contributed by atoms with Crippen LogP contribution < -0.4 is 5.32 Å². The zero-order valence-corrected chi connectivity index (χ0v) is 16.5. The first kappa shape index (κ1) is 20.0. The lowest BCUT2D eigenvalue weighted by atomic mass is 10.2. The minimum Gasteiger partial charge on any atom is -0.375 e. The van der Waals surface area contributed by atoms with Gasteiger partial charge in [-0.05, 0) is 36.8 Å². The topological polar surface area (TPSA) is 69.0 Å². The molecule has 1 amide bonds. The maximum Gasteiger partial charge on any atom is 0.246 e. The lowest BCUT2D eigenvalue weighted by molar-refractivity contribution is -0.124. The quantitative estimate of drug-likeness (QED) is 0.588. The average molecular weight is 400 g/mol. The van der Waals surface area contributed by atoms with Crippen molar-refractivity contribution >= 4 is 17.7 Å². The molecule has 28 heavy (non-hydrogen) atoms. The highest BCUT2D eigenvalue weighted by molar-refractivity contribution is 7.98. The highest BCUT2D eigenvalue weighted by atomic mass is 32.2. The van der Waals surface area contributed by atoms with Gasteiger partial charge in [0, 0.05) is 18.6 Å². The summed E-state index contributed by atoms with van der Waals surface area (Å²) in [5.41, 5.74) is 3.04. The molecule has 1 aromatic heterocycles. The van der Waals surface area contributed by atoms with Crippen LogP contribution in [0.3, 0.4) is 0 Å². The van der Waals surface area contributed by atoms with E-state index in [0.29, 0.717) is 16.7 Å². The van der Waals surface area contributed by atoms with Crippen LogP contribution >= 0.6 is 11.8 Å². The van der Waals surface area contributed by atoms with E-state index in [1.807, 2.05) is 35.8 Å². The second-order valence-corrected chi connectivity index (χ2v) is 7.14. The van der Waals surface area contributed by atoms with Crippen molar-refractivity contribution in [3.05, 3.63) is 71.3 Å². The molecule has 0 atom stereocenters. The molecular formula is C20H21FN4O2S. The molecule has 1 N–H and O–H groups in total. The summed E-state index contributed by atoms with van der Waals surface area (Å²) in [4.78, 5) is 11.7. The van der Waals surface area contributed by atoms with Crippen LogP contribution in [0.25, 0.3) is 5.69 Å². The van der Waals surface area contributed by atoms with Crippen LogP contribution in [0.5, 0.6) is 0 Å². The van der Waals surface area contributed by atoms with Gasteiger partial charge in [-0.1, -0.05) is 41.6 Å². The Bertz CT molecular complexity index is 926. The van der Waals surface area contributed by atoms with Crippen molar-refractivity contribution in [2.75, 3.05) is 13.7 Å². The number of ether oxygens (including phenoxy) is 1. The molecule has 1 heterocycles. The second-order valence-electron chi connectivity index (χ2n) is 6.19. The normalized spacial score (nSPS) is 10.8. The standard InChI is InChI=1S/C20H21FN4O2S/c1-14-3-9-17(10-4-14)25-18(11-22-19(26)12-27-2)23-24-20(25)28-13-15-5-7-16(21)8-6-15/h3-10H,11-13H2,1-2H3,(H,22,26). The molecule has 146 valence electrons. The largest absolute Gasteiger partial charge is 0.375 e. The van der Waals surface area contributed by atoms with Crippen molar-refractivity contribution < 1.29 is 13.9 Å². The van der Waals surface area contributed by atoms with Crippen LogP contribution in [-0.4, -0.2) is 34.4 Å². The first-order valence-corrected chi connectivity index (χ1v) is 9.69. The van der Waals surface area contributed by atoms with E-state index < -0.39 is 0 Å². The molecule has 0 saturated carbocycles. The number of methoxy groups -OCH3 is 1. The van der Waals surface area contributed by atoms with Crippen LogP contribution in [0.1, 0.15) is 17.0 Å². The fourth-order valence-electron chi connectivity index (χ4n) is 2.55. The molecule has 3 rings (SSSR count). The van der Waals surface area contributed by atoms with Crippen molar-refractivity contribution in [3.8, 4) is 5.69 Å². The number of hydrogen-bond donors (Lipinski definition) is 1. The van der Waals surface area contributed by atoms with Gasteiger partial charge in [0.2, 0.25) is 5.91 Å². The molecule has 0 saturated heterocycles. The van der Waals surface area contributed by atoms with Gasteiger partial charge < -0.3 is 10.1 Å². The molecule has 6 nitrogen and oxygen atoms in total. The van der Waals surface area contributed by atoms with Crippen molar-refractivity contribution in [2.24, 2.45) is 0 Å². The lowest BCUT2D eigenvalue weighted by Crippen LogP contribution is -2.27. The average Bonchev–Trinajstić information content (AvgIpc) is 3.10. The minimum atomic E-state index is -0.259. The number of aromatic nitrogens is 3. The van der Waals surface area contributed by atoms with E-state index in [2.05, 4.69) is 15.5 Å². The van der Waals surface area contributed by atoms with Crippen LogP contribution in [-0.2, 0) is 21.8 Å². The predicted octanol–water partition coefficient (Wildman–Crippen LogP) is 3.27. The van der Waals surface area contributed by atoms with E-state index in [4.69, 9.17) is 4.74 Å². The van der Waals surface area contributed by atoms with E-state index in [0.717, 1.165) is 16.8 Å². The number of benzene rings is 2. The molecule has 3 aromatic rings.